The molecule has 0 aliphatic carbocycles. The molecule has 21 heavy (non-hydrogen) atoms. The zero-order chi connectivity index (χ0) is 15.2. The average Bonchev–Trinajstić information content (AvgIpc) is 2.45. The highest BCUT2D eigenvalue weighted by molar-refractivity contribution is 5.87. The highest BCUT2D eigenvalue weighted by Crippen LogP contribution is 2.14. The zero-order valence-corrected chi connectivity index (χ0v) is 12.5. The predicted molar refractivity (Wildman–Crippen MR) is 77.7 cm³/mol. The van der Waals surface area contributed by atoms with Gasteiger partial charge in [-0.3, -0.25) is 9.88 Å². The lowest BCUT2D eigenvalue weighted by molar-refractivity contribution is -0.0505. The summed E-state index contributed by atoms with van der Waals surface area (Å²) < 4.78 is 11.3. The quantitative estimate of drug-likeness (QED) is 0.857. The van der Waals surface area contributed by atoms with Crippen LogP contribution in [-0.2, 0) is 4.74 Å². The van der Waals surface area contributed by atoms with E-state index in [4.69, 9.17) is 14.6 Å². The summed E-state index contributed by atoms with van der Waals surface area (Å²) in [6.45, 7) is 8.34. The second kappa shape index (κ2) is 7.38. The highest BCUT2D eigenvalue weighted by atomic mass is 16.5. The van der Waals surface area contributed by atoms with Gasteiger partial charge in [0.2, 0.25) is 0 Å². The molecular weight excluding hydrogens is 272 g/mol. The first-order valence-electron chi connectivity index (χ1n) is 7.19. The Morgan fingerprint density at radius 1 is 1.57 bits per heavy atom. The number of hydrogen-bond acceptors (Lipinski definition) is 5. The number of aromatic nitrogens is 1. The van der Waals surface area contributed by atoms with E-state index in [2.05, 4.69) is 23.7 Å². The number of nitrogens with zero attached hydrogens (tertiary/aromatic N) is 2. The van der Waals surface area contributed by atoms with Gasteiger partial charge in [0, 0.05) is 25.8 Å². The molecule has 2 rings (SSSR count). The number of carboxylic acid groups (broad SMARTS) is 1. The Balaban J connectivity index is 1.85. The van der Waals surface area contributed by atoms with Crippen molar-refractivity contribution in [2.24, 2.45) is 5.92 Å². The van der Waals surface area contributed by atoms with E-state index in [-0.39, 0.29) is 11.7 Å². The summed E-state index contributed by atoms with van der Waals surface area (Å²) in [5, 5.41) is 8.92. The number of morpholine rings is 1. The molecule has 0 radical (unpaired) electrons. The van der Waals surface area contributed by atoms with Crippen molar-refractivity contribution in [2.45, 2.75) is 20.0 Å². The zero-order valence-electron chi connectivity index (χ0n) is 12.5. The van der Waals surface area contributed by atoms with Crippen molar-refractivity contribution >= 4 is 5.97 Å². The van der Waals surface area contributed by atoms with E-state index in [9.17, 15) is 4.79 Å². The summed E-state index contributed by atoms with van der Waals surface area (Å²) >= 11 is 0. The van der Waals surface area contributed by atoms with E-state index in [1.54, 1.807) is 0 Å². The molecule has 0 aromatic carbocycles. The molecule has 1 unspecified atom stereocenters. The largest absolute Gasteiger partial charge is 0.489 e. The van der Waals surface area contributed by atoms with E-state index < -0.39 is 5.97 Å². The Hall–Kier alpha value is -1.66. The molecule has 0 amide bonds. The van der Waals surface area contributed by atoms with Crippen LogP contribution in [0.2, 0.25) is 0 Å². The molecule has 6 nitrogen and oxygen atoms in total. The molecule has 2 heterocycles. The summed E-state index contributed by atoms with van der Waals surface area (Å²) in [6.07, 6.45) is 2.82. The van der Waals surface area contributed by atoms with E-state index in [0.717, 1.165) is 19.6 Å². The molecule has 1 fully saturated rings. The summed E-state index contributed by atoms with van der Waals surface area (Å²) in [7, 11) is 0. The van der Waals surface area contributed by atoms with Gasteiger partial charge in [0.05, 0.1) is 18.4 Å². The maximum Gasteiger partial charge on any atom is 0.337 e. The Bertz CT molecular complexity index is 478. The Labute approximate surface area is 124 Å². The normalized spacial score (nSPS) is 19.7. The molecule has 1 aliphatic heterocycles. The molecule has 1 saturated heterocycles. The minimum atomic E-state index is -1.01. The molecule has 1 aromatic heterocycles. The first-order chi connectivity index (χ1) is 10.0. The number of hydrogen-bond donors (Lipinski definition) is 1. The lowest BCUT2D eigenvalue weighted by atomic mass is 10.2. The molecule has 0 spiro atoms. The van der Waals surface area contributed by atoms with Crippen LogP contribution in [0.1, 0.15) is 24.2 Å². The summed E-state index contributed by atoms with van der Waals surface area (Å²) in [6, 6.07) is 1.48. The van der Waals surface area contributed by atoms with Crippen LogP contribution in [0.4, 0.5) is 0 Å². The van der Waals surface area contributed by atoms with Gasteiger partial charge >= 0.3 is 5.97 Å². The number of pyridine rings is 1. The van der Waals surface area contributed by atoms with Crippen LogP contribution in [0.25, 0.3) is 0 Å². The molecule has 116 valence electrons. The molecule has 1 atom stereocenters. The Morgan fingerprint density at radius 3 is 3.10 bits per heavy atom. The van der Waals surface area contributed by atoms with Gasteiger partial charge in [-0.15, -0.1) is 0 Å². The predicted octanol–water partition coefficient (Wildman–Crippen LogP) is 1.52. The van der Waals surface area contributed by atoms with E-state index in [1.165, 1.54) is 18.5 Å². The first kappa shape index (κ1) is 15.7. The van der Waals surface area contributed by atoms with E-state index in [1.807, 2.05) is 0 Å². The van der Waals surface area contributed by atoms with Crippen LogP contribution in [-0.4, -0.2) is 59.9 Å². The minimum Gasteiger partial charge on any atom is -0.489 e. The van der Waals surface area contributed by atoms with Gasteiger partial charge in [-0.25, -0.2) is 4.79 Å². The number of aromatic carboxylic acids is 1. The fraction of sp³-hybridized carbons (Fsp3) is 0.600. The van der Waals surface area contributed by atoms with Crippen molar-refractivity contribution in [1.29, 1.82) is 0 Å². The van der Waals surface area contributed by atoms with Gasteiger partial charge in [0.25, 0.3) is 0 Å². The maximum atomic E-state index is 10.9. The van der Waals surface area contributed by atoms with Crippen molar-refractivity contribution in [1.82, 2.24) is 9.88 Å². The van der Waals surface area contributed by atoms with Gasteiger partial charge < -0.3 is 14.6 Å². The second-order valence-electron chi connectivity index (χ2n) is 5.67. The standard InChI is InChI=1S/C15H22N2O4/c1-11(2)8-17-3-4-20-14(9-17)10-21-13-5-12(15(18)19)6-16-7-13/h5-7,11,14H,3-4,8-10H2,1-2H3,(H,18,19). The van der Waals surface area contributed by atoms with E-state index in [0.29, 0.717) is 24.9 Å². The molecular formula is C15H22N2O4. The van der Waals surface area contributed by atoms with Gasteiger partial charge in [0.1, 0.15) is 18.5 Å². The second-order valence-corrected chi connectivity index (χ2v) is 5.67. The summed E-state index contributed by atoms with van der Waals surface area (Å²) in [4.78, 5) is 17.1. The Kier molecular flexibility index (Phi) is 5.52. The number of carboxylic acids is 1. The molecule has 0 saturated carbocycles. The topological polar surface area (TPSA) is 71.9 Å². The molecule has 1 N–H and O–H groups in total. The minimum absolute atomic E-state index is 0.00554. The average molecular weight is 294 g/mol. The monoisotopic (exact) mass is 294 g/mol. The van der Waals surface area contributed by atoms with Crippen molar-refractivity contribution < 1.29 is 19.4 Å². The van der Waals surface area contributed by atoms with Crippen LogP contribution in [0, 0.1) is 5.92 Å². The SMILES string of the molecule is CC(C)CN1CCOC(COc2cncc(C(=O)O)c2)C1. The van der Waals surface area contributed by atoms with Gasteiger partial charge in [0.15, 0.2) is 0 Å². The third-order valence-corrected chi connectivity index (χ3v) is 3.24. The lowest BCUT2D eigenvalue weighted by Crippen LogP contribution is -2.46. The fourth-order valence-electron chi connectivity index (χ4n) is 2.37. The molecule has 6 heteroatoms. The van der Waals surface area contributed by atoms with Crippen molar-refractivity contribution in [3.63, 3.8) is 0 Å². The van der Waals surface area contributed by atoms with Gasteiger partial charge in [-0.2, -0.15) is 0 Å². The van der Waals surface area contributed by atoms with Crippen molar-refractivity contribution in [3.8, 4) is 5.75 Å². The van der Waals surface area contributed by atoms with Crippen molar-refractivity contribution in [3.05, 3.63) is 24.0 Å². The number of carbonyl (C=O) groups is 1. The lowest BCUT2D eigenvalue weighted by Gasteiger charge is -2.33. The van der Waals surface area contributed by atoms with Crippen LogP contribution in [0.15, 0.2) is 18.5 Å². The maximum absolute atomic E-state index is 10.9. The van der Waals surface area contributed by atoms with Crippen LogP contribution < -0.4 is 4.74 Å². The van der Waals surface area contributed by atoms with Crippen molar-refractivity contribution in [2.75, 3.05) is 32.8 Å². The first-order valence-corrected chi connectivity index (χ1v) is 7.19. The van der Waals surface area contributed by atoms with Gasteiger partial charge in [-0.05, 0) is 12.0 Å². The third kappa shape index (κ3) is 4.99. The Morgan fingerprint density at radius 2 is 2.38 bits per heavy atom. The van der Waals surface area contributed by atoms with Gasteiger partial charge in [-0.1, -0.05) is 13.8 Å². The molecule has 1 aromatic rings. The number of ether oxygens (including phenoxy) is 2. The van der Waals surface area contributed by atoms with E-state index >= 15 is 0 Å². The molecule has 0 bridgehead atoms. The summed E-state index contributed by atoms with van der Waals surface area (Å²) in [5.41, 5.74) is 0.124. The van der Waals surface area contributed by atoms with Crippen LogP contribution >= 0.6 is 0 Å². The van der Waals surface area contributed by atoms with Crippen LogP contribution in [0.5, 0.6) is 5.75 Å². The highest BCUT2D eigenvalue weighted by Gasteiger charge is 2.21. The molecule has 1 aliphatic rings. The summed E-state index contributed by atoms with van der Waals surface area (Å²) in [5.74, 6) is 0.0746. The van der Waals surface area contributed by atoms with Crippen LogP contribution in [0.3, 0.4) is 0 Å². The smallest absolute Gasteiger partial charge is 0.337 e. The fourth-order valence-corrected chi connectivity index (χ4v) is 2.37. The third-order valence-electron chi connectivity index (χ3n) is 3.24. The number of rotatable bonds is 6.